The Hall–Kier alpha value is -6.32. The van der Waals surface area contributed by atoms with Gasteiger partial charge < -0.3 is 29.1 Å². The molecule has 3 aromatic carbocycles. The van der Waals surface area contributed by atoms with Gasteiger partial charge in [-0.2, -0.15) is 10.5 Å². The molecule has 2 aliphatic rings. The van der Waals surface area contributed by atoms with E-state index < -0.39 is 33.5 Å². The Morgan fingerprint density at radius 3 is 2.39 bits per heavy atom. The van der Waals surface area contributed by atoms with E-state index in [0.29, 0.717) is 21.4 Å². The molecule has 1 fully saturated rings. The average Bonchev–Trinajstić information content (AvgIpc) is 3.42. The van der Waals surface area contributed by atoms with Crippen LogP contribution in [0.5, 0.6) is 17.2 Å². The quantitative estimate of drug-likeness (QED) is 0.262. The maximum absolute atomic E-state index is 15.6. The highest BCUT2D eigenvalue weighted by Gasteiger charge is 2.64. The van der Waals surface area contributed by atoms with Crippen molar-refractivity contribution in [1.82, 2.24) is 9.88 Å². The lowest BCUT2D eigenvalue weighted by atomic mass is 9.68. The Kier molecular flexibility index (Phi) is 9.16. The largest absolute Gasteiger partial charge is 0.497 e. The number of carbonyl (C=O) groups excluding carboxylic acids is 1. The lowest BCUT2D eigenvalue weighted by Gasteiger charge is -2.48. The Bertz CT molecular complexity index is 2230. The van der Waals surface area contributed by atoms with Crippen LogP contribution in [0.4, 0.5) is 16.3 Å². The van der Waals surface area contributed by atoms with Crippen LogP contribution >= 0.6 is 0 Å². The smallest absolute Gasteiger partial charge is 0.407 e. The topological polar surface area (TPSA) is 186 Å². The molecule has 0 bridgehead atoms. The molecule has 0 saturated carbocycles. The molecule has 2 atom stereocenters. The van der Waals surface area contributed by atoms with Crippen molar-refractivity contribution in [2.45, 2.75) is 23.3 Å². The number of hydrogen-bond acceptors (Lipinski definition) is 11. The number of benzene rings is 3. The van der Waals surface area contributed by atoms with Crippen LogP contribution in [0.25, 0.3) is 0 Å². The van der Waals surface area contributed by atoms with Crippen LogP contribution in [-0.2, 0) is 20.2 Å². The van der Waals surface area contributed by atoms with E-state index in [-0.39, 0.29) is 65.0 Å². The van der Waals surface area contributed by atoms with Crippen molar-refractivity contribution in [2.75, 3.05) is 49.7 Å². The van der Waals surface area contributed by atoms with Crippen molar-refractivity contribution in [3.63, 3.8) is 0 Å². The number of ether oxygens (including phenoxy) is 3. The van der Waals surface area contributed by atoms with Crippen LogP contribution in [-0.4, -0.2) is 81.9 Å². The van der Waals surface area contributed by atoms with Gasteiger partial charge in [0.1, 0.15) is 33.4 Å². The van der Waals surface area contributed by atoms with Crippen LogP contribution < -0.4 is 23.4 Å². The van der Waals surface area contributed by atoms with Gasteiger partial charge in [-0.1, -0.05) is 18.2 Å². The molecule has 2 amide bonds. The van der Waals surface area contributed by atoms with Crippen molar-refractivity contribution in [1.29, 1.82) is 10.5 Å². The molecule has 51 heavy (non-hydrogen) atoms. The molecule has 0 aliphatic carbocycles. The van der Waals surface area contributed by atoms with Gasteiger partial charge in [0.2, 0.25) is 0 Å². The summed E-state index contributed by atoms with van der Waals surface area (Å²) in [5.74, 6) is -0.194. The second-order valence-corrected chi connectivity index (χ2v) is 13.4. The number of fused-ring (bicyclic) bond motifs is 1. The van der Waals surface area contributed by atoms with E-state index in [0.717, 1.165) is 4.90 Å². The van der Waals surface area contributed by atoms with E-state index in [1.165, 1.54) is 62.9 Å². The summed E-state index contributed by atoms with van der Waals surface area (Å²) in [6.07, 6.45) is 0.105. The summed E-state index contributed by atoms with van der Waals surface area (Å²) in [5, 5.41) is 30.3. The number of piperazine rings is 1. The number of aromatic nitrogens is 1. The fourth-order valence-corrected chi connectivity index (χ4v) is 8.51. The lowest BCUT2D eigenvalue weighted by molar-refractivity contribution is -0.122. The molecule has 0 radical (unpaired) electrons. The number of para-hydroxylation sites is 1. The number of pyridine rings is 1. The molecule has 14 nitrogen and oxygen atoms in total. The highest BCUT2D eigenvalue weighted by Crippen LogP contribution is 2.55. The fourth-order valence-electron chi connectivity index (χ4n) is 6.90. The van der Waals surface area contributed by atoms with E-state index in [4.69, 9.17) is 14.2 Å². The summed E-state index contributed by atoms with van der Waals surface area (Å²) in [6.45, 7) is 1.79. The minimum Gasteiger partial charge on any atom is -0.497 e. The number of amides is 2. The molecular weight excluding hydrogens is 676 g/mol. The van der Waals surface area contributed by atoms with Crippen molar-refractivity contribution >= 4 is 33.5 Å². The van der Waals surface area contributed by atoms with Gasteiger partial charge in [-0.25, -0.2) is 22.5 Å². The molecule has 15 heteroatoms. The third-order valence-corrected chi connectivity index (χ3v) is 10.9. The summed E-state index contributed by atoms with van der Waals surface area (Å²) >= 11 is 0. The number of nitrogens with zero attached hydrogens (tertiary/aromatic N) is 6. The highest BCUT2D eigenvalue weighted by atomic mass is 32.2. The van der Waals surface area contributed by atoms with E-state index in [1.54, 1.807) is 42.2 Å². The molecule has 3 heterocycles. The monoisotopic (exact) mass is 708 g/mol. The molecule has 4 aromatic rings. The number of rotatable bonds is 9. The first-order chi connectivity index (χ1) is 24.6. The predicted molar refractivity (Wildman–Crippen MR) is 183 cm³/mol. The summed E-state index contributed by atoms with van der Waals surface area (Å²) < 4.78 is 47.1. The number of carboxylic acid groups (broad SMARTS) is 1. The molecule has 1 saturated heterocycles. The highest BCUT2D eigenvalue weighted by molar-refractivity contribution is 7.93. The maximum Gasteiger partial charge on any atom is 0.407 e. The Balaban J connectivity index is 1.69. The maximum atomic E-state index is 15.6. The normalized spacial score (nSPS) is 18.4. The van der Waals surface area contributed by atoms with Crippen molar-refractivity contribution in [3.8, 4) is 29.4 Å². The minimum atomic E-state index is -4.79. The fraction of sp³-hybridized carbons (Fsp3) is 0.250. The average molecular weight is 709 g/mol. The molecule has 1 N–H and O–H groups in total. The van der Waals surface area contributed by atoms with Crippen LogP contribution in [0, 0.1) is 22.7 Å². The summed E-state index contributed by atoms with van der Waals surface area (Å²) in [4.78, 5) is 35.7. The van der Waals surface area contributed by atoms with Crippen molar-refractivity contribution < 1.29 is 37.3 Å². The van der Waals surface area contributed by atoms with E-state index in [1.807, 2.05) is 0 Å². The van der Waals surface area contributed by atoms with Crippen LogP contribution in [0.15, 0.2) is 83.9 Å². The Morgan fingerprint density at radius 2 is 1.71 bits per heavy atom. The zero-order valence-corrected chi connectivity index (χ0v) is 28.6. The van der Waals surface area contributed by atoms with Crippen molar-refractivity contribution in [2.24, 2.45) is 0 Å². The second-order valence-electron chi connectivity index (χ2n) is 11.6. The first kappa shape index (κ1) is 34.5. The number of nitriles is 2. The number of sulfonamides is 1. The van der Waals surface area contributed by atoms with Gasteiger partial charge in [0, 0.05) is 43.0 Å². The Morgan fingerprint density at radius 1 is 0.961 bits per heavy atom. The van der Waals surface area contributed by atoms with E-state index in [9.17, 15) is 28.8 Å². The van der Waals surface area contributed by atoms with Crippen LogP contribution in [0.2, 0.25) is 0 Å². The standard InChI is InChI=1S/C36H32N6O8S/c1-4-50-29-8-6-5-7-26(29)36(32-22-40(15-16-41(32)35(44)45)33-18-24(21-38)13-14-39-33)27-17-23(20-37)9-11-28(27)42(34(36)43)51(46,47)31-12-10-25(48-2)19-30(31)49-3/h5-14,17-19,32H,4,15-16,22H2,1-3H3,(H,44,45). The molecule has 260 valence electrons. The third kappa shape index (κ3) is 5.57. The molecule has 2 unspecified atom stereocenters. The van der Waals surface area contributed by atoms with Gasteiger partial charge in [-0.15, -0.1) is 0 Å². The van der Waals surface area contributed by atoms with Crippen LogP contribution in [0.1, 0.15) is 29.2 Å². The van der Waals surface area contributed by atoms with Crippen molar-refractivity contribution in [3.05, 3.63) is 101 Å². The summed E-state index contributed by atoms with van der Waals surface area (Å²) in [7, 11) is -2.10. The van der Waals surface area contributed by atoms with Gasteiger partial charge in [-0.05, 0) is 55.5 Å². The van der Waals surface area contributed by atoms with E-state index in [2.05, 4.69) is 17.1 Å². The Labute approximate surface area is 294 Å². The molecule has 0 spiro atoms. The first-order valence-electron chi connectivity index (χ1n) is 15.8. The number of methoxy groups -OCH3 is 2. The number of hydrogen-bond donors (Lipinski definition) is 1. The van der Waals surface area contributed by atoms with Gasteiger partial charge >= 0.3 is 6.09 Å². The SMILES string of the molecule is CCOc1ccccc1C1(C2CN(c3cc(C#N)ccn3)CCN2C(=O)O)C(=O)N(S(=O)(=O)c2ccc(OC)cc2OC)c2ccc(C#N)cc21. The zero-order valence-electron chi connectivity index (χ0n) is 27.8. The molecule has 2 aliphatic heterocycles. The first-order valence-corrected chi connectivity index (χ1v) is 17.2. The van der Waals surface area contributed by atoms with Gasteiger partial charge in [-0.3, -0.25) is 4.79 Å². The predicted octanol–water partition coefficient (Wildman–Crippen LogP) is 4.13. The summed E-state index contributed by atoms with van der Waals surface area (Å²) in [5.41, 5.74) is -1.45. The van der Waals surface area contributed by atoms with Gasteiger partial charge in [0.05, 0.1) is 55.8 Å². The minimum absolute atomic E-state index is 0.0739. The van der Waals surface area contributed by atoms with Crippen LogP contribution in [0.3, 0.4) is 0 Å². The lowest BCUT2D eigenvalue weighted by Crippen LogP contribution is -2.66. The zero-order chi connectivity index (χ0) is 36.5. The number of anilines is 2. The summed E-state index contributed by atoms with van der Waals surface area (Å²) in [6, 6.07) is 20.7. The van der Waals surface area contributed by atoms with E-state index >= 15 is 4.79 Å². The molecular formula is C36H32N6O8S. The molecule has 1 aromatic heterocycles. The second kappa shape index (κ2) is 13.5. The number of carbonyl (C=O) groups is 2. The third-order valence-electron chi connectivity index (χ3n) is 9.12. The molecule has 6 rings (SSSR count). The van der Waals surface area contributed by atoms with Gasteiger partial charge in [0.15, 0.2) is 0 Å². The van der Waals surface area contributed by atoms with Gasteiger partial charge in [0.25, 0.3) is 15.9 Å².